The summed E-state index contributed by atoms with van der Waals surface area (Å²) in [5.74, 6) is 0. The lowest BCUT2D eigenvalue weighted by Crippen LogP contribution is -2.48. The topological polar surface area (TPSA) is 87.7 Å². The molecule has 0 spiro atoms. The third-order valence-electron chi connectivity index (χ3n) is 3.67. The van der Waals surface area contributed by atoms with Crippen molar-refractivity contribution in [1.82, 2.24) is 9.62 Å². The van der Waals surface area contributed by atoms with E-state index in [1.807, 2.05) is 20.8 Å². The number of hydrogen-bond donors (Lipinski definition) is 2. The molecule has 24 heavy (non-hydrogen) atoms. The molecule has 1 heterocycles. The second-order valence-corrected chi connectivity index (χ2v) is 7.92. The zero-order valence-electron chi connectivity index (χ0n) is 14.3. The summed E-state index contributed by atoms with van der Waals surface area (Å²) in [6.45, 7) is 6.96. The Hall–Kier alpha value is -1.64. The van der Waals surface area contributed by atoms with E-state index < -0.39 is 10.0 Å². The normalized spacial score (nSPS) is 22.1. The van der Waals surface area contributed by atoms with Crippen molar-refractivity contribution in [3.05, 3.63) is 24.3 Å². The standard InChI is InChI=1S/C16H25N3O4S/c1-4-9-17-16(20)18-14-5-7-15(8-6-14)24(21,22)19-10-12(2)23-13(3)11-19/h5-8,12-13H,4,9-11H2,1-3H3,(H2,17,18,20)/t12-,13-/m1/s1. The maximum absolute atomic E-state index is 12.7. The second-order valence-electron chi connectivity index (χ2n) is 5.98. The molecule has 1 aliphatic heterocycles. The molecular formula is C16H25N3O4S. The maximum atomic E-state index is 12.7. The molecule has 1 saturated heterocycles. The van der Waals surface area contributed by atoms with Gasteiger partial charge in [-0.3, -0.25) is 0 Å². The third kappa shape index (κ3) is 4.68. The minimum absolute atomic E-state index is 0.133. The van der Waals surface area contributed by atoms with Crippen LogP contribution in [0, 0.1) is 0 Å². The Bertz CT molecular complexity index is 650. The summed E-state index contributed by atoms with van der Waals surface area (Å²) in [6, 6.07) is 5.89. The summed E-state index contributed by atoms with van der Waals surface area (Å²) in [5, 5.41) is 5.37. The average molecular weight is 355 g/mol. The van der Waals surface area contributed by atoms with Crippen molar-refractivity contribution >= 4 is 21.7 Å². The lowest BCUT2D eigenvalue weighted by molar-refractivity contribution is -0.0440. The maximum Gasteiger partial charge on any atom is 0.319 e. The van der Waals surface area contributed by atoms with Crippen LogP contribution in [0.1, 0.15) is 27.2 Å². The Labute approximate surface area is 143 Å². The molecule has 0 aliphatic carbocycles. The number of ether oxygens (including phenoxy) is 1. The van der Waals surface area contributed by atoms with Gasteiger partial charge in [-0.25, -0.2) is 13.2 Å². The van der Waals surface area contributed by atoms with Crippen molar-refractivity contribution in [1.29, 1.82) is 0 Å². The molecule has 8 heteroatoms. The number of urea groups is 1. The van der Waals surface area contributed by atoms with Crippen molar-refractivity contribution in [2.45, 2.75) is 44.3 Å². The van der Waals surface area contributed by atoms with Gasteiger partial charge in [0.05, 0.1) is 17.1 Å². The number of morpholine rings is 1. The number of hydrogen-bond acceptors (Lipinski definition) is 4. The van der Waals surface area contributed by atoms with Crippen LogP contribution in [0.5, 0.6) is 0 Å². The molecule has 2 N–H and O–H groups in total. The molecule has 0 saturated carbocycles. The van der Waals surface area contributed by atoms with E-state index >= 15 is 0 Å². The fourth-order valence-electron chi connectivity index (χ4n) is 2.60. The van der Waals surface area contributed by atoms with E-state index in [1.54, 1.807) is 12.1 Å². The van der Waals surface area contributed by atoms with E-state index in [0.717, 1.165) is 6.42 Å². The van der Waals surface area contributed by atoms with Gasteiger partial charge >= 0.3 is 6.03 Å². The van der Waals surface area contributed by atoms with Crippen LogP contribution in [0.3, 0.4) is 0 Å². The number of amides is 2. The van der Waals surface area contributed by atoms with E-state index in [4.69, 9.17) is 4.74 Å². The van der Waals surface area contributed by atoms with Crippen LogP contribution in [0.4, 0.5) is 10.5 Å². The largest absolute Gasteiger partial charge is 0.373 e. The molecule has 2 rings (SSSR count). The highest BCUT2D eigenvalue weighted by atomic mass is 32.2. The van der Waals surface area contributed by atoms with Crippen LogP contribution in [-0.2, 0) is 14.8 Å². The van der Waals surface area contributed by atoms with Gasteiger partial charge in [0.15, 0.2) is 0 Å². The van der Waals surface area contributed by atoms with Crippen LogP contribution < -0.4 is 10.6 Å². The second kappa shape index (κ2) is 7.96. The Kier molecular flexibility index (Phi) is 6.20. The molecule has 1 aromatic carbocycles. The van der Waals surface area contributed by atoms with Crippen molar-refractivity contribution in [2.75, 3.05) is 25.0 Å². The third-order valence-corrected chi connectivity index (χ3v) is 5.52. The van der Waals surface area contributed by atoms with E-state index in [2.05, 4.69) is 10.6 Å². The number of nitrogens with one attached hydrogen (secondary N) is 2. The van der Waals surface area contributed by atoms with Gasteiger partial charge in [0.1, 0.15) is 0 Å². The van der Waals surface area contributed by atoms with Gasteiger partial charge in [-0.2, -0.15) is 4.31 Å². The van der Waals surface area contributed by atoms with E-state index in [-0.39, 0.29) is 23.1 Å². The average Bonchev–Trinajstić information content (AvgIpc) is 2.52. The zero-order chi connectivity index (χ0) is 17.7. The molecule has 0 radical (unpaired) electrons. The molecule has 1 fully saturated rings. The van der Waals surface area contributed by atoms with Crippen LogP contribution in [0.2, 0.25) is 0 Å². The molecule has 134 valence electrons. The Morgan fingerprint density at radius 2 is 1.79 bits per heavy atom. The van der Waals surface area contributed by atoms with Crippen LogP contribution in [0.15, 0.2) is 29.2 Å². The summed E-state index contributed by atoms with van der Waals surface area (Å²) >= 11 is 0. The fourth-order valence-corrected chi connectivity index (χ4v) is 4.19. The predicted molar refractivity (Wildman–Crippen MR) is 92.5 cm³/mol. The summed E-state index contributed by atoms with van der Waals surface area (Å²) < 4.78 is 32.5. The number of nitrogens with zero attached hydrogens (tertiary/aromatic N) is 1. The van der Waals surface area contributed by atoms with Crippen LogP contribution in [-0.4, -0.2) is 50.6 Å². The van der Waals surface area contributed by atoms with Crippen molar-refractivity contribution in [2.24, 2.45) is 0 Å². The summed E-state index contributed by atoms with van der Waals surface area (Å²) in [5.41, 5.74) is 0.547. The molecule has 2 amide bonds. The number of benzene rings is 1. The van der Waals surface area contributed by atoms with Gasteiger partial charge in [0.2, 0.25) is 10.0 Å². The van der Waals surface area contributed by atoms with Crippen LogP contribution >= 0.6 is 0 Å². The number of rotatable bonds is 5. The predicted octanol–water partition coefficient (Wildman–Crippen LogP) is 2.02. The Morgan fingerprint density at radius 1 is 1.21 bits per heavy atom. The van der Waals surface area contributed by atoms with E-state index in [1.165, 1.54) is 16.4 Å². The monoisotopic (exact) mass is 355 g/mol. The fraction of sp³-hybridized carbons (Fsp3) is 0.562. The Balaban J connectivity index is 2.07. The first-order valence-electron chi connectivity index (χ1n) is 8.13. The molecule has 0 bridgehead atoms. The molecule has 7 nitrogen and oxygen atoms in total. The highest BCUT2D eigenvalue weighted by molar-refractivity contribution is 7.89. The molecule has 1 aromatic rings. The first-order chi connectivity index (χ1) is 11.3. The lowest BCUT2D eigenvalue weighted by atomic mass is 10.3. The van der Waals surface area contributed by atoms with Gasteiger partial charge in [-0.15, -0.1) is 0 Å². The minimum Gasteiger partial charge on any atom is -0.373 e. The molecular weight excluding hydrogens is 330 g/mol. The highest BCUT2D eigenvalue weighted by Crippen LogP contribution is 2.22. The van der Waals surface area contributed by atoms with Crippen molar-refractivity contribution < 1.29 is 17.9 Å². The van der Waals surface area contributed by atoms with Gasteiger partial charge in [-0.05, 0) is 44.5 Å². The number of carbonyl (C=O) groups excluding carboxylic acids is 1. The Morgan fingerprint density at radius 3 is 2.33 bits per heavy atom. The first kappa shape index (κ1) is 18.7. The SMILES string of the molecule is CCCNC(=O)Nc1ccc(S(=O)(=O)N2C[C@@H](C)O[C@H](C)C2)cc1. The highest BCUT2D eigenvalue weighted by Gasteiger charge is 2.32. The molecule has 0 unspecified atom stereocenters. The quantitative estimate of drug-likeness (QED) is 0.846. The summed E-state index contributed by atoms with van der Waals surface area (Å²) in [7, 11) is -3.56. The first-order valence-corrected chi connectivity index (χ1v) is 9.57. The number of carbonyl (C=O) groups is 1. The summed E-state index contributed by atoms with van der Waals surface area (Å²) in [6.07, 6.45) is 0.583. The minimum atomic E-state index is -3.56. The van der Waals surface area contributed by atoms with Gasteiger partial charge in [-0.1, -0.05) is 6.92 Å². The zero-order valence-corrected chi connectivity index (χ0v) is 15.1. The smallest absolute Gasteiger partial charge is 0.319 e. The van der Waals surface area contributed by atoms with E-state index in [0.29, 0.717) is 25.3 Å². The van der Waals surface area contributed by atoms with Crippen molar-refractivity contribution in [3.63, 3.8) is 0 Å². The van der Waals surface area contributed by atoms with Crippen LogP contribution in [0.25, 0.3) is 0 Å². The number of sulfonamides is 1. The van der Waals surface area contributed by atoms with Gasteiger partial charge in [0, 0.05) is 25.3 Å². The van der Waals surface area contributed by atoms with Crippen molar-refractivity contribution in [3.8, 4) is 0 Å². The molecule has 0 aromatic heterocycles. The summed E-state index contributed by atoms with van der Waals surface area (Å²) in [4.78, 5) is 11.8. The lowest BCUT2D eigenvalue weighted by Gasteiger charge is -2.34. The van der Waals surface area contributed by atoms with E-state index in [9.17, 15) is 13.2 Å². The molecule has 2 atom stereocenters. The molecule has 1 aliphatic rings. The van der Waals surface area contributed by atoms with Gasteiger partial charge < -0.3 is 15.4 Å². The number of anilines is 1. The van der Waals surface area contributed by atoms with Gasteiger partial charge in [0.25, 0.3) is 0 Å².